The monoisotopic (exact) mass is 341 g/mol. The molecule has 0 atom stereocenters. The molecular formula is C20H25N2O3. The number of rotatable bonds is 6. The van der Waals surface area contributed by atoms with Gasteiger partial charge in [0.2, 0.25) is 0 Å². The van der Waals surface area contributed by atoms with E-state index in [1.54, 1.807) is 0 Å². The third-order valence-electron chi connectivity index (χ3n) is 4.49. The van der Waals surface area contributed by atoms with Crippen molar-refractivity contribution in [3.05, 3.63) is 56.3 Å². The largest absolute Gasteiger partial charge is 0.433 e. The van der Waals surface area contributed by atoms with Crippen LogP contribution in [0.2, 0.25) is 0 Å². The number of nitrogens with zero attached hydrogens (tertiary/aromatic N) is 2. The van der Waals surface area contributed by atoms with Crippen LogP contribution in [0.25, 0.3) is 0 Å². The van der Waals surface area contributed by atoms with Crippen LogP contribution in [0.15, 0.2) is 12.1 Å². The van der Waals surface area contributed by atoms with E-state index in [4.69, 9.17) is 4.74 Å². The normalized spacial score (nSPS) is 11.0. The smallest absolute Gasteiger partial charge is 0.339 e. The molecule has 2 aromatic rings. The van der Waals surface area contributed by atoms with Gasteiger partial charge in [0.05, 0.1) is 11.0 Å². The quantitative estimate of drug-likeness (QED) is 0.498. The van der Waals surface area contributed by atoms with E-state index < -0.39 is 4.92 Å². The van der Waals surface area contributed by atoms with E-state index >= 15 is 0 Å². The molecule has 0 saturated heterocycles. The highest BCUT2D eigenvalue weighted by atomic mass is 16.6. The van der Waals surface area contributed by atoms with Crippen LogP contribution in [0.1, 0.15) is 60.6 Å². The molecule has 0 aliphatic carbocycles. The highest BCUT2D eigenvalue weighted by Crippen LogP contribution is 2.37. The first-order valence-electron chi connectivity index (χ1n) is 8.62. The SMILES string of the molecule is CCC(CC)c1[c]c([N+](=O)[O-])c(Oc2c(C)cc(C)cc2C)nc1C. The van der Waals surface area contributed by atoms with E-state index in [9.17, 15) is 10.1 Å². The van der Waals surface area contributed by atoms with E-state index in [2.05, 4.69) is 24.9 Å². The first kappa shape index (κ1) is 18.9. The maximum atomic E-state index is 11.6. The van der Waals surface area contributed by atoms with Gasteiger partial charge in [-0.2, -0.15) is 0 Å². The number of aromatic nitrogens is 1. The van der Waals surface area contributed by atoms with Gasteiger partial charge in [-0.3, -0.25) is 10.1 Å². The van der Waals surface area contributed by atoms with Crippen LogP contribution in [0.4, 0.5) is 5.69 Å². The molecule has 0 saturated carbocycles. The standard InChI is InChI=1S/C20H25N2O3/c1-7-16(8-2)17-11-18(22(23)24)20(21-15(17)6)25-19-13(4)9-12(3)10-14(19)5/h9-10,16H,7-8H2,1-6H3. The zero-order valence-electron chi connectivity index (χ0n) is 15.8. The van der Waals surface area contributed by atoms with Crippen molar-refractivity contribution in [2.75, 3.05) is 0 Å². The van der Waals surface area contributed by atoms with Crippen LogP contribution in [0.5, 0.6) is 11.6 Å². The molecule has 5 nitrogen and oxygen atoms in total. The summed E-state index contributed by atoms with van der Waals surface area (Å²) in [7, 11) is 0. The Morgan fingerprint density at radius 1 is 1.16 bits per heavy atom. The minimum absolute atomic E-state index is 0.00672. The zero-order valence-corrected chi connectivity index (χ0v) is 15.8. The fraction of sp³-hybridized carbons (Fsp3) is 0.450. The lowest BCUT2D eigenvalue weighted by atomic mass is 9.92. The first-order valence-corrected chi connectivity index (χ1v) is 8.62. The molecule has 1 heterocycles. The van der Waals surface area contributed by atoms with E-state index in [1.165, 1.54) is 0 Å². The summed E-state index contributed by atoms with van der Waals surface area (Å²) in [5, 5.41) is 11.6. The molecule has 25 heavy (non-hydrogen) atoms. The summed E-state index contributed by atoms with van der Waals surface area (Å²) in [4.78, 5) is 15.5. The number of nitro groups is 1. The Bertz CT molecular complexity index is 773. The molecule has 5 heteroatoms. The Labute approximate surface area is 149 Å². The van der Waals surface area contributed by atoms with Crippen molar-refractivity contribution in [3.63, 3.8) is 0 Å². The van der Waals surface area contributed by atoms with Crippen molar-refractivity contribution >= 4 is 5.69 Å². The summed E-state index contributed by atoms with van der Waals surface area (Å²) < 4.78 is 5.89. The van der Waals surface area contributed by atoms with Gasteiger partial charge in [-0.05, 0) is 63.1 Å². The third kappa shape index (κ3) is 3.98. The predicted octanol–water partition coefficient (Wildman–Crippen LogP) is 5.72. The number of benzene rings is 1. The van der Waals surface area contributed by atoms with E-state index in [0.717, 1.165) is 40.8 Å². The van der Waals surface area contributed by atoms with Gasteiger partial charge in [0, 0.05) is 5.69 Å². The summed E-state index contributed by atoms with van der Waals surface area (Å²) in [6, 6.07) is 6.95. The van der Waals surface area contributed by atoms with Crippen LogP contribution in [0, 0.1) is 43.9 Å². The van der Waals surface area contributed by atoms with Crippen LogP contribution in [-0.4, -0.2) is 9.91 Å². The summed E-state index contributed by atoms with van der Waals surface area (Å²) in [5.74, 6) is 0.833. The molecule has 0 N–H and O–H groups in total. The Kier molecular flexibility index (Phi) is 5.77. The molecule has 0 fully saturated rings. The highest BCUT2D eigenvalue weighted by molar-refractivity contribution is 5.50. The van der Waals surface area contributed by atoms with Gasteiger partial charge in [0.25, 0.3) is 0 Å². The predicted molar refractivity (Wildman–Crippen MR) is 98.5 cm³/mol. The molecule has 0 unspecified atom stereocenters. The minimum atomic E-state index is -0.466. The molecule has 0 bridgehead atoms. The number of ether oxygens (including phenoxy) is 1. The molecule has 0 amide bonds. The fourth-order valence-corrected chi connectivity index (χ4v) is 3.25. The maximum Gasteiger partial charge on any atom is 0.339 e. The lowest BCUT2D eigenvalue weighted by Gasteiger charge is -2.17. The van der Waals surface area contributed by atoms with E-state index in [1.807, 2.05) is 39.8 Å². The summed E-state index contributed by atoms with van der Waals surface area (Å²) in [6.07, 6.45) is 1.78. The van der Waals surface area contributed by atoms with Crippen molar-refractivity contribution in [2.24, 2.45) is 0 Å². The van der Waals surface area contributed by atoms with Crippen LogP contribution in [0.3, 0.4) is 0 Å². The molecule has 0 aliphatic rings. The second-order valence-corrected chi connectivity index (χ2v) is 6.49. The second-order valence-electron chi connectivity index (χ2n) is 6.49. The molecule has 0 aliphatic heterocycles. The number of pyridine rings is 1. The Morgan fingerprint density at radius 3 is 2.20 bits per heavy atom. The van der Waals surface area contributed by atoms with Gasteiger partial charge in [0.15, 0.2) is 0 Å². The zero-order chi connectivity index (χ0) is 18.7. The second kappa shape index (κ2) is 7.64. The molecular weight excluding hydrogens is 316 g/mol. The summed E-state index contributed by atoms with van der Waals surface area (Å²) >= 11 is 0. The molecule has 0 spiro atoms. The highest BCUT2D eigenvalue weighted by Gasteiger charge is 2.25. The minimum Gasteiger partial charge on any atom is -0.433 e. The average Bonchev–Trinajstić information content (AvgIpc) is 2.53. The lowest BCUT2D eigenvalue weighted by molar-refractivity contribution is -0.386. The molecule has 133 valence electrons. The topological polar surface area (TPSA) is 65.3 Å². The lowest BCUT2D eigenvalue weighted by Crippen LogP contribution is -2.06. The van der Waals surface area contributed by atoms with Crippen molar-refractivity contribution < 1.29 is 9.66 Å². The van der Waals surface area contributed by atoms with Gasteiger partial charge >= 0.3 is 11.6 Å². The average molecular weight is 341 g/mol. The van der Waals surface area contributed by atoms with E-state index in [0.29, 0.717) is 5.75 Å². The van der Waals surface area contributed by atoms with Crippen molar-refractivity contribution in [3.8, 4) is 11.6 Å². The number of hydrogen-bond donors (Lipinski definition) is 0. The van der Waals surface area contributed by atoms with Gasteiger partial charge in [-0.15, -0.1) is 0 Å². The molecule has 1 radical (unpaired) electrons. The summed E-state index contributed by atoms with van der Waals surface area (Å²) in [5.41, 5.74) is 4.31. The maximum absolute atomic E-state index is 11.6. The van der Waals surface area contributed by atoms with Crippen molar-refractivity contribution in [1.29, 1.82) is 0 Å². The molecule has 1 aromatic heterocycles. The molecule has 2 rings (SSSR count). The van der Waals surface area contributed by atoms with Crippen LogP contribution >= 0.6 is 0 Å². The Morgan fingerprint density at radius 2 is 1.72 bits per heavy atom. The Hall–Kier alpha value is -2.43. The van der Waals surface area contributed by atoms with E-state index in [-0.39, 0.29) is 17.5 Å². The van der Waals surface area contributed by atoms with Gasteiger partial charge in [-0.1, -0.05) is 31.5 Å². The number of aryl methyl sites for hydroxylation is 4. The van der Waals surface area contributed by atoms with Gasteiger partial charge < -0.3 is 4.74 Å². The van der Waals surface area contributed by atoms with Crippen molar-refractivity contribution in [1.82, 2.24) is 4.98 Å². The van der Waals surface area contributed by atoms with Gasteiger partial charge in [0.1, 0.15) is 5.75 Å². The van der Waals surface area contributed by atoms with Crippen LogP contribution < -0.4 is 4.74 Å². The first-order chi connectivity index (χ1) is 11.8. The van der Waals surface area contributed by atoms with Crippen molar-refractivity contribution in [2.45, 2.75) is 60.3 Å². The molecule has 1 aromatic carbocycles. The van der Waals surface area contributed by atoms with Gasteiger partial charge in [-0.25, -0.2) is 4.98 Å². The summed E-state index contributed by atoms with van der Waals surface area (Å²) in [6.45, 7) is 11.8. The van der Waals surface area contributed by atoms with Crippen LogP contribution in [-0.2, 0) is 0 Å². The fourth-order valence-electron chi connectivity index (χ4n) is 3.25. The number of hydrogen-bond acceptors (Lipinski definition) is 4. The Balaban J connectivity index is 2.55. The third-order valence-corrected chi connectivity index (χ3v) is 4.49.